The molecule has 0 fully saturated rings. The molecule has 0 aliphatic carbocycles. The van der Waals surface area contributed by atoms with Gasteiger partial charge in [0.05, 0.1) is 6.54 Å². The number of aliphatic hydroxyl groups excluding tert-OH is 1. The highest BCUT2D eigenvalue weighted by Gasteiger charge is 2.15. The van der Waals surface area contributed by atoms with Crippen LogP contribution in [-0.4, -0.2) is 16.9 Å². The number of rotatable bonds is 5. The lowest BCUT2D eigenvalue weighted by Gasteiger charge is -2.08. The highest BCUT2D eigenvalue weighted by Crippen LogP contribution is 2.28. The van der Waals surface area contributed by atoms with Crippen molar-refractivity contribution in [2.24, 2.45) is 0 Å². The number of hydrogen-bond donors (Lipinski definition) is 3. The molecule has 0 spiro atoms. The molecule has 0 bridgehead atoms. The van der Waals surface area contributed by atoms with E-state index in [-0.39, 0.29) is 6.54 Å². The van der Waals surface area contributed by atoms with E-state index in [4.69, 9.17) is 0 Å². The van der Waals surface area contributed by atoms with Gasteiger partial charge in [-0.15, -0.1) is 11.3 Å². The summed E-state index contributed by atoms with van der Waals surface area (Å²) < 4.78 is 0. The predicted molar refractivity (Wildman–Crippen MR) is 102 cm³/mol. The number of benzene rings is 2. The number of thiophene rings is 1. The summed E-state index contributed by atoms with van der Waals surface area (Å²) in [6.07, 6.45) is -0.702. The fourth-order valence-electron chi connectivity index (χ4n) is 2.39. The lowest BCUT2D eigenvalue weighted by atomic mass is 10.1. The van der Waals surface area contributed by atoms with E-state index in [9.17, 15) is 14.7 Å². The Kier molecular flexibility index (Phi) is 5.78. The number of nitrogens with one attached hydrogen (secondary N) is 2. The first-order valence-corrected chi connectivity index (χ1v) is 8.91. The van der Waals surface area contributed by atoms with Crippen LogP contribution in [0.3, 0.4) is 0 Å². The van der Waals surface area contributed by atoms with Gasteiger partial charge in [-0.25, -0.2) is 0 Å². The molecule has 3 aromatic rings. The molecule has 0 aliphatic heterocycles. The van der Waals surface area contributed by atoms with Crippen molar-refractivity contribution in [2.45, 2.75) is 12.6 Å². The van der Waals surface area contributed by atoms with Gasteiger partial charge in [-0.05, 0) is 29.8 Å². The van der Waals surface area contributed by atoms with Gasteiger partial charge >= 0.3 is 11.8 Å². The molecule has 3 N–H and O–H groups in total. The molecule has 0 saturated carbocycles. The number of carbonyl (C=O) groups is 2. The Morgan fingerprint density at radius 1 is 0.885 bits per heavy atom. The third kappa shape index (κ3) is 4.56. The SMILES string of the molecule is O=C(NCc1ccc(C(O)c2ccccc2)s1)C(=O)Nc1ccccc1. The van der Waals surface area contributed by atoms with Gasteiger partial charge in [0.2, 0.25) is 0 Å². The maximum atomic E-state index is 11.9. The Balaban J connectivity index is 1.54. The first-order chi connectivity index (χ1) is 12.6. The van der Waals surface area contributed by atoms with E-state index in [2.05, 4.69) is 10.6 Å². The van der Waals surface area contributed by atoms with Crippen LogP contribution in [0.5, 0.6) is 0 Å². The van der Waals surface area contributed by atoms with Gasteiger partial charge in [-0.1, -0.05) is 48.5 Å². The smallest absolute Gasteiger partial charge is 0.313 e. The first kappa shape index (κ1) is 17.8. The zero-order valence-corrected chi connectivity index (χ0v) is 14.7. The number of amides is 2. The average molecular weight is 366 g/mol. The molecule has 3 rings (SSSR count). The Hall–Kier alpha value is -2.96. The van der Waals surface area contributed by atoms with Gasteiger partial charge in [0.25, 0.3) is 0 Å². The predicted octanol–water partition coefficient (Wildman–Crippen LogP) is 3.08. The van der Waals surface area contributed by atoms with Crippen LogP contribution < -0.4 is 10.6 Å². The highest BCUT2D eigenvalue weighted by molar-refractivity contribution is 7.12. The lowest BCUT2D eigenvalue weighted by Crippen LogP contribution is -2.34. The molecule has 1 aromatic heterocycles. The zero-order valence-electron chi connectivity index (χ0n) is 13.9. The second-order valence-corrected chi connectivity index (χ2v) is 6.82. The van der Waals surface area contributed by atoms with Crippen LogP contribution in [0.4, 0.5) is 5.69 Å². The van der Waals surface area contributed by atoms with Crippen molar-refractivity contribution in [1.29, 1.82) is 0 Å². The highest BCUT2D eigenvalue weighted by atomic mass is 32.1. The largest absolute Gasteiger partial charge is 0.383 e. The van der Waals surface area contributed by atoms with Crippen molar-refractivity contribution in [3.8, 4) is 0 Å². The first-order valence-electron chi connectivity index (χ1n) is 8.09. The molecule has 2 amide bonds. The Morgan fingerprint density at radius 3 is 2.23 bits per heavy atom. The van der Waals surface area contributed by atoms with Crippen molar-refractivity contribution < 1.29 is 14.7 Å². The van der Waals surface area contributed by atoms with Crippen LogP contribution >= 0.6 is 11.3 Å². The Bertz CT molecular complexity index is 878. The lowest BCUT2D eigenvalue weighted by molar-refractivity contribution is -0.136. The summed E-state index contributed by atoms with van der Waals surface area (Å²) in [4.78, 5) is 25.4. The van der Waals surface area contributed by atoms with Crippen molar-refractivity contribution in [1.82, 2.24) is 5.32 Å². The summed E-state index contributed by atoms with van der Waals surface area (Å²) in [5.41, 5.74) is 1.38. The van der Waals surface area contributed by atoms with Crippen molar-refractivity contribution in [3.63, 3.8) is 0 Å². The molecular weight excluding hydrogens is 348 g/mol. The van der Waals surface area contributed by atoms with Crippen molar-refractivity contribution in [2.75, 3.05) is 5.32 Å². The fraction of sp³-hybridized carbons (Fsp3) is 0.100. The van der Waals surface area contributed by atoms with Crippen LogP contribution in [0.2, 0.25) is 0 Å². The molecule has 5 nitrogen and oxygen atoms in total. The Labute approximate surface area is 155 Å². The molecule has 2 aromatic carbocycles. The number of carbonyl (C=O) groups excluding carboxylic acids is 2. The summed E-state index contributed by atoms with van der Waals surface area (Å²) >= 11 is 1.40. The molecule has 0 aliphatic rings. The second kappa shape index (κ2) is 8.42. The molecule has 0 radical (unpaired) electrons. The minimum atomic E-state index is -0.711. The zero-order chi connectivity index (χ0) is 18.4. The molecular formula is C20H18N2O3S. The van der Waals surface area contributed by atoms with E-state index in [1.807, 2.05) is 48.5 Å². The summed E-state index contributed by atoms with van der Waals surface area (Å²) in [5, 5.41) is 15.5. The van der Waals surface area contributed by atoms with Crippen molar-refractivity contribution >= 4 is 28.8 Å². The topological polar surface area (TPSA) is 78.4 Å². The number of aliphatic hydroxyl groups is 1. The summed E-state index contributed by atoms with van der Waals surface area (Å²) in [6, 6.07) is 21.8. The molecule has 0 saturated heterocycles. The van der Waals surface area contributed by atoms with E-state index in [1.165, 1.54) is 11.3 Å². The molecule has 1 unspecified atom stereocenters. The number of anilines is 1. The molecule has 132 valence electrons. The van der Waals surface area contributed by atoms with Crippen LogP contribution in [-0.2, 0) is 16.1 Å². The van der Waals surface area contributed by atoms with Gasteiger partial charge in [-0.3, -0.25) is 9.59 Å². The van der Waals surface area contributed by atoms with Gasteiger partial charge in [0.1, 0.15) is 6.10 Å². The molecule has 6 heteroatoms. The standard InChI is InChI=1S/C20H18N2O3S/c23-18(14-7-3-1-4-8-14)17-12-11-16(26-17)13-21-19(24)20(25)22-15-9-5-2-6-10-15/h1-12,18,23H,13H2,(H,21,24)(H,22,25). The van der Waals surface area contributed by atoms with Crippen LogP contribution in [0, 0.1) is 0 Å². The fourth-order valence-corrected chi connectivity index (χ4v) is 3.36. The number of para-hydroxylation sites is 1. The number of hydrogen-bond acceptors (Lipinski definition) is 4. The van der Waals surface area contributed by atoms with Gasteiger partial charge in [0.15, 0.2) is 0 Å². The van der Waals surface area contributed by atoms with Gasteiger partial charge in [-0.2, -0.15) is 0 Å². The summed E-state index contributed by atoms with van der Waals surface area (Å²) in [5.74, 6) is -1.41. The summed E-state index contributed by atoms with van der Waals surface area (Å²) in [6.45, 7) is 0.229. The summed E-state index contributed by atoms with van der Waals surface area (Å²) in [7, 11) is 0. The quantitative estimate of drug-likeness (QED) is 0.607. The maximum absolute atomic E-state index is 11.9. The van der Waals surface area contributed by atoms with E-state index in [1.54, 1.807) is 24.3 Å². The third-order valence-corrected chi connectivity index (χ3v) is 4.87. The monoisotopic (exact) mass is 366 g/mol. The van der Waals surface area contributed by atoms with Gasteiger partial charge < -0.3 is 15.7 Å². The van der Waals surface area contributed by atoms with Crippen LogP contribution in [0.15, 0.2) is 72.8 Å². The second-order valence-electron chi connectivity index (χ2n) is 5.62. The van der Waals surface area contributed by atoms with E-state index < -0.39 is 17.9 Å². The molecule has 1 atom stereocenters. The minimum absolute atomic E-state index is 0.229. The maximum Gasteiger partial charge on any atom is 0.313 e. The van der Waals surface area contributed by atoms with Crippen LogP contribution in [0.1, 0.15) is 21.4 Å². The normalized spacial score (nSPS) is 11.6. The van der Waals surface area contributed by atoms with E-state index >= 15 is 0 Å². The minimum Gasteiger partial charge on any atom is -0.383 e. The van der Waals surface area contributed by atoms with Crippen LogP contribution in [0.25, 0.3) is 0 Å². The Morgan fingerprint density at radius 2 is 1.54 bits per heavy atom. The molecule has 1 heterocycles. The van der Waals surface area contributed by atoms with E-state index in [0.29, 0.717) is 5.69 Å². The molecule has 26 heavy (non-hydrogen) atoms. The van der Waals surface area contributed by atoms with Gasteiger partial charge in [0, 0.05) is 15.4 Å². The van der Waals surface area contributed by atoms with E-state index in [0.717, 1.165) is 15.3 Å². The average Bonchev–Trinajstić information content (AvgIpc) is 3.16. The third-order valence-electron chi connectivity index (χ3n) is 3.73. The van der Waals surface area contributed by atoms with Crippen molar-refractivity contribution in [3.05, 3.63) is 88.1 Å².